The van der Waals surface area contributed by atoms with Crippen molar-refractivity contribution < 1.29 is 18.5 Å². The van der Waals surface area contributed by atoms with Crippen LogP contribution >= 0.6 is 0 Å². The molecule has 20 heavy (non-hydrogen) atoms. The number of benzene rings is 1. The smallest absolute Gasteiger partial charge is 0.305 e. The number of nitrogens with one attached hydrogen (secondary N) is 2. The molecule has 2 rings (SSSR count). The predicted molar refractivity (Wildman–Crippen MR) is 64.3 cm³/mol. The Kier molecular flexibility index (Phi) is 3.42. The molecule has 0 aliphatic heterocycles. The maximum Gasteiger partial charge on any atom is 0.305 e. The Morgan fingerprint density at radius 1 is 1.35 bits per heavy atom. The highest BCUT2D eigenvalue weighted by Crippen LogP contribution is 2.22. The van der Waals surface area contributed by atoms with Gasteiger partial charge in [-0.3, -0.25) is 20.0 Å². The summed E-state index contributed by atoms with van der Waals surface area (Å²) in [5.74, 6) is -3.38. The van der Waals surface area contributed by atoms with Gasteiger partial charge in [0.15, 0.2) is 5.82 Å². The van der Waals surface area contributed by atoms with E-state index < -0.39 is 33.7 Å². The Hall–Kier alpha value is -2.84. The minimum absolute atomic E-state index is 0.124. The maximum atomic E-state index is 13.5. The van der Waals surface area contributed by atoms with Crippen LogP contribution in [0.5, 0.6) is 0 Å². The summed E-state index contributed by atoms with van der Waals surface area (Å²) in [5.41, 5.74) is -0.959. The third-order valence-corrected chi connectivity index (χ3v) is 2.43. The van der Waals surface area contributed by atoms with Crippen LogP contribution in [0.4, 0.5) is 20.3 Å². The topological polar surface area (TPSA) is 101 Å². The van der Waals surface area contributed by atoms with Crippen LogP contribution in [-0.2, 0) is 0 Å². The molecule has 1 amide bonds. The molecule has 0 saturated heterocycles. The van der Waals surface area contributed by atoms with E-state index in [1.165, 1.54) is 6.07 Å². The average Bonchev–Trinajstić information content (AvgIpc) is 2.74. The van der Waals surface area contributed by atoms with Gasteiger partial charge >= 0.3 is 5.69 Å². The summed E-state index contributed by atoms with van der Waals surface area (Å²) in [6.07, 6.45) is 0. The van der Waals surface area contributed by atoms with Crippen molar-refractivity contribution in [1.29, 1.82) is 0 Å². The zero-order valence-corrected chi connectivity index (χ0v) is 10.1. The first-order valence-electron chi connectivity index (χ1n) is 5.35. The lowest BCUT2D eigenvalue weighted by Crippen LogP contribution is -2.15. The highest BCUT2D eigenvalue weighted by molar-refractivity contribution is 6.04. The van der Waals surface area contributed by atoms with Gasteiger partial charge in [0.05, 0.1) is 10.5 Å². The Labute approximate surface area is 110 Å². The van der Waals surface area contributed by atoms with E-state index in [1.807, 2.05) is 0 Å². The number of aryl methyl sites for hydroxylation is 1. The Bertz CT molecular complexity index is 699. The van der Waals surface area contributed by atoms with Crippen molar-refractivity contribution in [1.82, 2.24) is 10.2 Å². The SMILES string of the molecule is Cc1cc(NC(=O)c2cc([N+](=O)[O-])c(F)cc2F)n[nH]1. The number of H-pyrrole nitrogens is 1. The molecule has 1 aromatic carbocycles. The van der Waals surface area contributed by atoms with E-state index in [0.717, 1.165) is 0 Å². The Morgan fingerprint density at radius 2 is 2.05 bits per heavy atom. The quantitative estimate of drug-likeness (QED) is 0.665. The number of rotatable bonds is 3. The zero-order chi connectivity index (χ0) is 14.9. The number of aromatic nitrogens is 2. The third kappa shape index (κ3) is 2.60. The van der Waals surface area contributed by atoms with Crippen LogP contribution < -0.4 is 5.32 Å². The summed E-state index contributed by atoms with van der Waals surface area (Å²) in [6, 6.07) is 2.32. The van der Waals surface area contributed by atoms with Crippen LogP contribution in [0, 0.1) is 28.7 Å². The van der Waals surface area contributed by atoms with Crippen molar-refractivity contribution in [3.8, 4) is 0 Å². The van der Waals surface area contributed by atoms with E-state index in [-0.39, 0.29) is 5.82 Å². The standard InChI is InChI=1S/C11H8F2N4O3/c1-5-2-10(16-15-5)14-11(18)6-3-9(17(19)20)8(13)4-7(6)12/h2-4H,1H3,(H2,14,15,16,18). The number of nitrogens with zero attached hydrogens (tertiary/aromatic N) is 2. The summed E-state index contributed by atoms with van der Waals surface area (Å²) < 4.78 is 26.6. The molecule has 2 N–H and O–H groups in total. The molecule has 104 valence electrons. The maximum absolute atomic E-state index is 13.5. The summed E-state index contributed by atoms with van der Waals surface area (Å²) >= 11 is 0. The number of aromatic amines is 1. The first-order valence-corrected chi connectivity index (χ1v) is 5.35. The normalized spacial score (nSPS) is 10.3. The van der Waals surface area contributed by atoms with E-state index in [0.29, 0.717) is 17.8 Å². The third-order valence-electron chi connectivity index (χ3n) is 2.43. The van der Waals surface area contributed by atoms with Crippen molar-refractivity contribution in [2.75, 3.05) is 5.32 Å². The minimum atomic E-state index is -1.35. The van der Waals surface area contributed by atoms with E-state index in [2.05, 4.69) is 15.5 Å². The average molecular weight is 282 g/mol. The number of carbonyl (C=O) groups excluding carboxylic acids is 1. The molecule has 0 spiro atoms. The van der Waals surface area contributed by atoms with Crippen molar-refractivity contribution in [2.24, 2.45) is 0 Å². The number of amides is 1. The fourth-order valence-electron chi connectivity index (χ4n) is 1.52. The molecule has 0 atom stereocenters. The lowest BCUT2D eigenvalue weighted by molar-refractivity contribution is -0.387. The molecule has 0 aliphatic carbocycles. The van der Waals surface area contributed by atoms with Gasteiger partial charge in [0.1, 0.15) is 5.82 Å². The van der Waals surface area contributed by atoms with Crippen LogP contribution in [0.2, 0.25) is 0 Å². The number of halogens is 2. The van der Waals surface area contributed by atoms with Gasteiger partial charge in [0.2, 0.25) is 5.82 Å². The van der Waals surface area contributed by atoms with E-state index >= 15 is 0 Å². The summed E-state index contributed by atoms with van der Waals surface area (Å²) in [6.45, 7) is 1.69. The van der Waals surface area contributed by atoms with Crippen LogP contribution in [0.15, 0.2) is 18.2 Å². The number of nitro groups is 1. The van der Waals surface area contributed by atoms with Crippen molar-refractivity contribution >= 4 is 17.4 Å². The predicted octanol–water partition coefficient (Wildman–Crippen LogP) is 2.16. The van der Waals surface area contributed by atoms with Crippen LogP contribution in [0.25, 0.3) is 0 Å². The first-order chi connectivity index (χ1) is 9.38. The highest BCUT2D eigenvalue weighted by atomic mass is 19.1. The molecule has 0 unspecified atom stereocenters. The Balaban J connectivity index is 2.34. The second-order valence-corrected chi connectivity index (χ2v) is 3.93. The van der Waals surface area contributed by atoms with Crippen LogP contribution in [0.3, 0.4) is 0 Å². The number of hydrogen-bond acceptors (Lipinski definition) is 4. The molecule has 0 saturated carbocycles. The fraction of sp³-hybridized carbons (Fsp3) is 0.0909. The molecule has 7 nitrogen and oxygen atoms in total. The van der Waals surface area contributed by atoms with Gasteiger partial charge in [-0.25, -0.2) is 4.39 Å². The van der Waals surface area contributed by atoms with Crippen molar-refractivity contribution in [3.05, 3.63) is 51.2 Å². The van der Waals surface area contributed by atoms with Gasteiger partial charge in [0.25, 0.3) is 5.91 Å². The van der Waals surface area contributed by atoms with Gasteiger partial charge < -0.3 is 5.32 Å². The van der Waals surface area contributed by atoms with Gasteiger partial charge in [-0.2, -0.15) is 9.49 Å². The Morgan fingerprint density at radius 3 is 2.60 bits per heavy atom. The molecule has 1 heterocycles. The molecule has 0 aliphatic rings. The number of anilines is 1. The second kappa shape index (κ2) is 5.03. The van der Waals surface area contributed by atoms with Gasteiger partial charge in [0, 0.05) is 23.9 Å². The molecule has 0 radical (unpaired) electrons. The number of carbonyl (C=O) groups is 1. The largest absolute Gasteiger partial charge is 0.305 e. The van der Waals surface area contributed by atoms with E-state index in [9.17, 15) is 23.7 Å². The highest BCUT2D eigenvalue weighted by Gasteiger charge is 2.22. The lowest BCUT2D eigenvalue weighted by Gasteiger charge is -2.04. The minimum Gasteiger partial charge on any atom is -0.305 e. The first kappa shape index (κ1) is 13.6. The molecule has 2 aromatic rings. The van der Waals surface area contributed by atoms with E-state index in [1.54, 1.807) is 6.92 Å². The lowest BCUT2D eigenvalue weighted by atomic mass is 10.1. The van der Waals surface area contributed by atoms with Gasteiger partial charge in [-0.15, -0.1) is 0 Å². The van der Waals surface area contributed by atoms with E-state index in [4.69, 9.17) is 0 Å². The molecule has 0 bridgehead atoms. The van der Waals surface area contributed by atoms with Crippen molar-refractivity contribution in [2.45, 2.75) is 6.92 Å². The van der Waals surface area contributed by atoms with Crippen LogP contribution in [-0.4, -0.2) is 21.0 Å². The monoisotopic (exact) mass is 282 g/mol. The summed E-state index contributed by atoms with van der Waals surface area (Å²) in [4.78, 5) is 21.3. The molecular weight excluding hydrogens is 274 g/mol. The van der Waals surface area contributed by atoms with Gasteiger partial charge in [-0.05, 0) is 6.92 Å². The van der Waals surface area contributed by atoms with Crippen LogP contribution in [0.1, 0.15) is 16.1 Å². The fourth-order valence-corrected chi connectivity index (χ4v) is 1.52. The van der Waals surface area contributed by atoms with Gasteiger partial charge in [-0.1, -0.05) is 0 Å². The number of hydrogen-bond donors (Lipinski definition) is 2. The molecule has 0 fully saturated rings. The number of nitro benzene ring substituents is 1. The summed E-state index contributed by atoms with van der Waals surface area (Å²) in [5, 5.41) is 19.1. The summed E-state index contributed by atoms with van der Waals surface area (Å²) in [7, 11) is 0. The zero-order valence-electron chi connectivity index (χ0n) is 10.1. The molecular formula is C11H8F2N4O3. The molecule has 1 aromatic heterocycles. The second-order valence-electron chi connectivity index (χ2n) is 3.93. The van der Waals surface area contributed by atoms with Crippen molar-refractivity contribution in [3.63, 3.8) is 0 Å². The molecule has 9 heteroatoms.